The summed E-state index contributed by atoms with van der Waals surface area (Å²) >= 11 is 1.28. The Morgan fingerprint density at radius 2 is 1.81 bits per heavy atom. The molecule has 186 valence electrons. The van der Waals surface area contributed by atoms with E-state index in [0.29, 0.717) is 34.5 Å². The number of rotatable bonds is 8. The molecule has 0 saturated carbocycles. The zero-order chi connectivity index (χ0) is 25.7. The second kappa shape index (κ2) is 11.3. The van der Waals surface area contributed by atoms with Crippen LogP contribution in [0, 0.1) is 0 Å². The fourth-order valence-corrected chi connectivity index (χ4v) is 4.96. The Kier molecular flexibility index (Phi) is 7.90. The van der Waals surface area contributed by atoms with Gasteiger partial charge in [-0.15, -0.1) is 0 Å². The fraction of sp³-hybridized carbons (Fsp3) is 0.259. The van der Waals surface area contributed by atoms with Gasteiger partial charge in [0.2, 0.25) is 0 Å². The second-order valence-corrected chi connectivity index (χ2v) is 8.87. The lowest BCUT2D eigenvalue weighted by molar-refractivity contribution is -0.143. The van der Waals surface area contributed by atoms with Crippen molar-refractivity contribution in [1.82, 2.24) is 9.47 Å². The van der Waals surface area contributed by atoms with Gasteiger partial charge in [0.15, 0.2) is 5.17 Å². The molecule has 0 spiro atoms. The van der Waals surface area contributed by atoms with Gasteiger partial charge in [-0.2, -0.15) is 0 Å². The molecule has 0 N–H and O–H groups in total. The van der Waals surface area contributed by atoms with Crippen molar-refractivity contribution in [2.75, 3.05) is 19.8 Å². The first-order valence-electron chi connectivity index (χ1n) is 11.8. The minimum absolute atomic E-state index is 0.0865. The Morgan fingerprint density at radius 1 is 1.03 bits per heavy atom. The highest BCUT2D eigenvalue weighted by molar-refractivity contribution is 8.18. The summed E-state index contributed by atoms with van der Waals surface area (Å²) < 4.78 is 12.0. The molecule has 2 heterocycles. The smallest absolute Gasteiger partial charge is 0.338 e. The van der Waals surface area contributed by atoms with Crippen LogP contribution in [0.3, 0.4) is 0 Å². The maximum absolute atomic E-state index is 13.2. The molecule has 9 heteroatoms. The summed E-state index contributed by atoms with van der Waals surface area (Å²) in [6.07, 6.45) is 3.69. The van der Waals surface area contributed by atoms with Crippen LogP contribution in [-0.4, -0.2) is 52.2 Å². The van der Waals surface area contributed by atoms with Crippen LogP contribution < -0.4 is 0 Å². The summed E-state index contributed by atoms with van der Waals surface area (Å²) in [7, 11) is 0. The van der Waals surface area contributed by atoms with Crippen LogP contribution in [0.4, 0.5) is 5.69 Å². The molecule has 1 aromatic heterocycles. The normalized spacial score (nSPS) is 15.8. The number of aromatic nitrogens is 1. The minimum Gasteiger partial charge on any atom is -0.465 e. The van der Waals surface area contributed by atoms with Crippen molar-refractivity contribution in [3.8, 4) is 0 Å². The molecule has 1 saturated heterocycles. The molecule has 1 aliphatic heterocycles. The first kappa shape index (κ1) is 25.2. The van der Waals surface area contributed by atoms with Gasteiger partial charge in [0.1, 0.15) is 6.54 Å². The van der Waals surface area contributed by atoms with Crippen molar-refractivity contribution in [2.45, 2.75) is 27.3 Å². The van der Waals surface area contributed by atoms with E-state index in [1.54, 1.807) is 43.0 Å². The van der Waals surface area contributed by atoms with Crippen molar-refractivity contribution in [3.05, 3.63) is 70.8 Å². The molecule has 1 amide bonds. The number of amidine groups is 1. The number of hydrogen-bond acceptors (Lipinski definition) is 7. The van der Waals surface area contributed by atoms with E-state index >= 15 is 0 Å². The summed E-state index contributed by atoms with van der Waals surface area (Å²) in [5.41, 5.74) is 2.67. The van der Waals surface area contributed by atoms with E-state index in [-0.39, 0.29) is 25.0 Å². The Labute approximate surface area is 213 Å². The van der Waals surface area contributed by atoms with Gasteiger partial charge in [-0.05, 0) is 62.9 Å². The van der Waals surface area contributed by atoms with Crippen molar-refractivity contribution >= 4 is 57.4 Å². The van der Waals surface area contributed by atoms with Gasteiger partial charge in [0.05, 0.1) is 29.4 Å². The Bertz CT molecular complexity index is 1370. The summed E-state index contributed by atoms with van der Waals surface area (Å²) in [6, 6.07) is 14.5. The largest absolute Gasteiger partial charge is 0.465 e. The number of thioether (sulfide) groups is 1. The number of amides is 1. The molecule has 0 unspecified atom stereocenters. The van der Waals surface area contributed by atoms with E-state index in [0.717, 1.165) is 16.5 Å². The van der Waals surface area contributed by atoms with Gasteiger partial charge < -0.3 is 14.0 Å². The lowest BCUT2D eigenvalue weighted by Crippen LogP contribution is -2.28. The van der Waals surface area contributed by atoms with Crippen LogP contribution in [0.5, 0.6) is 0 Å². The highest BCUT2D eigenvalue weighted by atomic mass is 32.2. The molecule has 36 heavy (non-hydrogen) atoms. The number of nitrogens with zero attached hydrogens (tertiary/aromatic N) is 3. The van der Waals surface area contributed by atoms with Crippen LogP contribution in [0.1, 0.15) is 36.7 Å². The van der Waals surface area contributed by atoms with E-state index in [9.17, 15) is 14.4 Å². The third-order valence-corrected chi connectivity index (χ3v) is 6.50. The van der Waals surface area contributed by atoms with E-state index in [1.807, 2.05) is 48.0 Å². The van der Waals surface area contributed by atoms with Crippen LogP contribution >= 0.6 is 11.8 Å². The maximum atomic E-state index is 13.2. The number of hydrogen-bond donors (Lipinski definition) is 0. The quantitative estimate of drug-likeness (QED) is 0.316. The average Bonchev–Trinajstić information content (AvgIpc) is 3.36. The van der Waals surface area contributed by atoms with E-state index < -0.39 is 5.97 Å². The number of para-hydroxylation sites is 1. The number of benzene rings is 2. The number of carbonyl (C=O) groups is 3. The molecule has 4 rings (SSSR count). The standard InChI is InChI=1S/C27H27N3O5S/c1-4-30-25(32)23(36-27(30)28-20-11-9-10-18(14-20)26(33)35-6-3)15-19-16-29(17-24(31)34-5-2)22-13-8-7-12-21(19)22/h7-16H,4-6,17H2,1-3H3. The number of aliphatic imine (C=N–C) groups is 1. The van der Waals surface area contributed by atoms with Crippen LogP contribution in [0.15, 0.2) is 64.6 Å². The monoisotopic (exact) mass is 505 g/mol. The van der Waals surface area contributed by atoms with Crippen molar-refractivity contribution in [1.29, 1.82) is 0 Å². The number of fused-ring (bicyclic) bond motifs is 1. The first-order chi connectivity index (χ1) is 17.4. The molecular weight excluding hydrogens is 478 g/mol. The molecule has 1 aliphatic rings. The first-order valence-corrected chi connectivity index (χ1v) is 12.6. The lowest BCUT2D eigenvalue weighted by Gasteiger charge is -2.12. The fourth-order valence-electron chi connectivity index (χ4n) is 3.91. The van der Waals surface area contributed by atoms with E-state index in [4.69, 9.17) is 9.47 Å². The van der Waals surface area contributed by atoms with E-state index in [2.05, 4.69) is 4.99 Å². The summed E-state index contributed by atoms with van der Waals surface area (Å²) in [5, 5.41) is 1.46. The van der Waals surface area contributed by atoms with Crippen LogP contribution in [0.2, 0.25) is 0 Å². The molecule has 0 aliphatic carbocycles. The van der Waals surface area contributed by atoms with Gasteiger partial charge in [0.25, 0.3) is 5.91 Å². The number of likely N-dealkylation sites (N-methyl/N-ethyl adjacent to an activating group) is 1. The zero-order valence-electron chi connectivity index (χ0n) is 20.4. The van der Waals surface area contributed by atoms with Crippen molar-refractivity contribution < 1.29 is 23.9 Å². The van der Waals surface area contributed by atoms with Crippen molar-refractivity contribution in [2.24, 2.45) is 4.99 Å². The molecule has 0 atom stereocenters. The van der Waals surface area contributed by atoms with Crippen LogP contribution in [-0.2, 0) is 25.6 Å². The highest BCUT2D eigenvalue weighted by Crippen LogP contribution is 2.35. The molecule has 8 nitrogen and oxygen atoms in total. The number of esters is 2. The van der Waals surface area contributed by atoms with Gasteiger partial charge in [-0.1, -0.05) is 24.3 Å². The summed E-state index contributed by atoms with van der Waals surface area (Å²) in [5.74, 6) is -0.882. The predicted octanol–water partition coefficient (Wildman–Crippen LogP) is 5.01. The Hall–Kier alpha value is -3.85. The predicted molar refractivity (Wildman–Crippen MR) is 141 cm³/mol. The van der Waals surface area contributed by atoms with Gasteiger partial charge in [0, 0.05) is 29.2 Å². The average molecular weight is 506 g/mol. The van der Waals surface area contributed by atoms with Gasteiger partial charge in [-0.3, -0.25) is 14.5 Å². The van der Waals surface area contributed by atoms with Gasteiger partial charge in [-0.25, -0.2) is 9.79 Å². The number of ether oxygens (including phenoxy) is 2. The summed E-state index contributed by atoms with van der Waals surface area (Å²) in [6.45, 7) is 6.55. The molecule has 0 bridgehead atoms. The molecular formula is C27H27N3O5S. The third kappa shape index (κ3) is 5.36. The molecule has 1 fully saturated rings. The molecule has 2 aromatic carbocycles. The summed E-state index contributed by atoms with van der Waals surface area (Å²) in [4.78, 5) is 44.2. The Balaban J connectivity index is 1.67. The lowest BCUT2D eigenvalue weighted by atomic mass is 10.1. The number of carbonyl (C=O) groups excluding carboxylic acids is 3. The van der Waals surface area contributed by atoms with Crippen molar-refractivity contribution in [3.63, 3.8) is 0 Å². The molecule has 0 radical (unpaired) electrons. The highest BCUT2D eigenvalue weighted by Gasteiger charge is 2.32. The minimum atomic E-state index is -0.415. The SMILES string of the molecule is CCOC(=O)Cn1cc(C=C2SC(=Nc3cccc(C(=O)OCC)c3)N(CC)C2=O)c2ccccc21. The van der Waals surface area contributed by atoms with Crippen LogP contribution in [0.25, 0.3) is 17.0 Å². The Morgan fingerprint density at radius 3 is 2.56 bits per heavy atom. The van der Waals surface area contributed by atoms with Gasteiger partial charge >= 0.3 is 11.9 Å². The third-order valence-electron chi connectivity index (χ3n) is 5.50. The molecule has 3 aromatic rings. The van der Waals surface area contributed by atoms with E-state index in [1.165, 1.54) is 11.8 Å². The topological polar surface area (TPSA) is 90.2 Å². The zero-order valence-corrected chi connectivity index (χ0v) is 21.2. The second-order valence-electron chi connectivity index (χ2n) is 7.86. The maximum Gasteiger partial charge on any atom is 0.338 e.